The topological polar surface area (TPSA) is 32.9 Å². The Hall–Kier alpha value is -2.35. The number of nitrogens with one attached hydrogen (secondary N) is 1. The minimum Gasteiger partial charge on any atom is -0.354 e. The van der Waals surface area contributed by atoms with E-state index in [-0.39, 0.29) is 5.78 Å². The van der Waals surface area contributed by atoms with Crippen LogP contribution in [0, 0.1) is 13.8 Å². The number of hydrogen-bond acceptors (Lipinski definition) is 1. The largest absolute Gasteiger partial charge is 0.354 e. The highest BCUT2D eigenvalue weighted by Crippen LogP contribution is 2.33. The summed E-state index contributed by atoms with van der Waals surface area (Å²) in [5.74, 6) is 0.234. The zero-order valence-electron chi connectivity index (χ0n) is 13.4. The van der Waals surface area contributed by atoms with Gasteiger partial charge in [0.15, 0.2) is 0 Å². The summed E-state index contributed by atoms with van der Waals surface area (Å²) in [6, 6.07) is 14.8. The van der Waals surface area contributed by atoms with Crippen LogP contribution in [0.25, 0.3) is 22.2 Å². The molecule has 22 heavy (non-hydrogen) atoms. The molecule has 0 radical (unpaired) electrons. The lowest BCUT2D eigenvalue weighted by molar-refractivity contribution is -0.116. The van der Waals surface area contributed by atoms with Crippen molar-refractivity contribution in [1.82, 2.24) is 4.98 Å². The van der Waals surface area contributed by atoms with Gasteiger partial charge in [-0.2, -0.15) is 0 Å². The molecule has 0 aliphatic carbocycles. The summed E-state index contributed by atoms with van der Waals surface area (Å²) in [5.41, 5.74) is 7.26. The van der Waals surface area contributed by atoms with Gasteiger partial charge in [0.2, 0.25) is 0 Å². The van der Waals surface area contributed by atoms with E-state index in [2.05, 4.69) is 43.1 Å². The van der Waals surface area contributed by atoms with E-state index in [0.29, 0.717) is 6.42 Å². The number of aromatic nitrogens is 1. The molecule has 0 atom stereocenters. The number of carbonyl (C=O) groups excluding carboxylic acids is 1. The van der Waals surface area contributed by atoms with Crippen LogP contribution >= 0.6 is 0 Å². The molecule has 0 spiro atoms. The van der Waals surface area contributed by atoms with Crippen molar-refractivity contribution in [2.75, 3.05) is 0 Å². The SMILES string of the molecule is CC(=O)CCc1c(-c2ccccc2)[nH]c2c(C)cc(C)cc12. The van der Waals surface area contributed by atoms with E-state index in [9.17, 15) is 4.79 Å². The first kappa shape index (κ1) is 14.6. The standard InChI is InChI=1S/C20H21NO/c1-13-11-14(2)19-18(12-13)17(10-9-15(3)22)20(21-19)16-7-5-4-6-8-16/h4-8,11-12,21H,9-10H2,1-3H3. The first-order chi connectivity index (χ1) is 10.6. The van der Waals surface area contributed by atoms with Crippen molar-refractivity contribution in [1.29, 1.82) is 0 Å². The smallest absolute Gasteiger partial charge is 0.130 e. The highest BCUT2D eigenvalue weighted by molar-refractivity contribution is 5.93. The number of hydrogen-bond donors (Lipinski definition) is 1. The predicted molar refractivity (Wildman–Crippen MR) is 92.2 cm³/mol. The number of aryl methyl sites for hydroxylation is 3. The normalized spacial score (nSPS) is 11.0. The Kier molecular flexibility index (Phi) is 3.84. The van der Waals surface area contributed by atoms with Crippen molar-refractivity contribution in [3.05, 3.63) is 59.2 Å². The van der Waals surface area contributed by atoms with E-state index < -0.39 is 0 Å². The van der Waals surface area contributed by atoms with Crippen LogP contribution in [0.4, 0.5) is 0 Å². The van der Waals surface area contributed by atoms with Crippen LogP contribution in [0.1, 0.15) is 30.0 Å². The van der Waals surface area contributed by atoms with Gasteiger partial charge in [0, 0.05) is 23.0 Å². The molecule has 0 fully saturated rings. The summed E-state index contributed by atoms with van der Waals surface area (Å²) in [5, 5.41) is 1.25. The van der Waals surface area contributed by atoms with Crippen molar-refractivity contribution >= 4 is 16.7 Å². The van der Waals surface area contributed by atoms with E-state index in [4.69, 9.17) is 0 Å². The molecule has 0 aliphatic heterocycles. The highest BCUT2D eigenvalue weighted by Gasteiger charge is 2.15. The van der Waals surface area contributed by atoms with E-state index in [1.807, 2.05) is 18.2 Å². The molecule has 1 N–H and O–H groups in total. The Morgan fingerprint density at radius 3 is 2.50 bits per heavy atom. The molecular weight excluding hydrogens is 270 g/mol. The second kappa shape index (κ2) is 5.80. The maximum atomic E-state index is 11.4. The Labute approximate surface area is 131 Å². The number of Topliss-reactive ketones (excluding diaryl/α,β-unsaturated/α-hetero) is 1. The summed E-state index contributed by atoms with van der Waals surface area (Å²) in [4.78, 5) is 15.0. The molecule has 0 saturated carbocycles. The molecule has 2 aromatic carbocycles. The summed E-state index contributed by atoms with van der Waals surface area (Å²) in [7, 11) is 0. The van der Waals surface area contributed by atoms with Crippen LogP contribution in [-0.4, -0.2) is 10.8 Å². The van der Waals surface area contributed by atoms with Crippen LogP contribution in [0.5, 0.6) is 0 Å². The quantitative estimate of drug-likeness (QED) is 0.723. The molecule has 0 bridgehead atoms. The lowest BCUT2D eigenvalue weighted by Crippen LogP contribution is -1.95. The van der Waals surface area contributed by atoms with Crippen molar-refractivity contribution in [3.8, 4) is 11.3 Å². The van der Waals surface area contributed by atoms with Gasteiger partial charge in [0.1, 0.15) is 5.78 Å². The van der Waals surface area contributed by atoms with Gasteiger partial charge in [-0.3, -0.25) is 0 Å². The fourth-order valence-electron chi connectivity index (χ4n) is 3.12. The summed E-state index contributed by atoms with van der Waals surface area (Å²) < 4.78 is 0. The molecular formula is C20H21NO. The molecule has 112 valence electrons. The third kappa shape index (κ3) is 2.69. The molecule has 0 unspecified atom stereocenters. The first-order valence-corrected chi connectivity index (χ1v) is 7.73. The molecule has 2 nitrogen and oxygen atoms in total. The lowest BCUT2D eigenvalue weighted by atomic mass is 9.98. The van der Waals surface area contributed by atoms with Gasteiger partial charge in [0.25, 0.3) is 0 Å². The summed E-state index contributed by atoms with van der Waals surface area (Å²) in [6.45, 7) is 5.92. The molecule has 1 heterocycles. The first-order valence-electron chi connectivity index (χ1n) is 7.73. The van der Waals surface area contributed by atoms with Gasteiger partial charge in [-0.1, -0.05) is 42.0 Å². The minimum absolute atomic E-state index is 0.234. The fraction of sp³-hybridized carbons (Fsp3) is 0.250. The van der Waals surface area contributed by atoms with E-state index >= 15 is 0 Å². The predicted octanol–water partition coefficient (Wildman–Crippen LogP) is 4.97. The average Bonchev–Trinajstić information content (AvgIpc) is 2.85. The summed E-state index contributed by atoms with van der Waals surface area (Å²) in [6.07, 6.45) is 1.36. The Morgan fingerprint density at radius 1 is 1.09 bits per heavy atom. The maximum Gasteiger partial charge on any atom is 0.130 e. The average molecular weight is 291 g/mol. The van der Waals surface area contributed by atoms with Crippen molar-refractivity contribution < 1.29 is 4.79 Å². The van der Waals surface area contributed by atoms with Crippen LogP contribution in [0.3, 0.4) is 0 Å². The molecule has 1 aromatic heterocycles. The number of aromatic amines is 1. The van der Waals surface area contributed by atoms with E-state index in [0.717, 1.165) is 12.1 Å². The number of fused-ring (bicyclic) bond motifs is 1. The van der Waals surface area contributed by atoms with E-state index in [1.54, 1.807) is 6.92 Å². The van der Waals surface area contributed by atoms with Crippen molar-refractivity contribution in [3.63, 3.8) is 0 Å². The fourth-order valence-corrected chi connectivity index (χ4v) is 3.12. The third-order valence-electron chi connectivity index (χ3n) is 4.15. The minimum atomic E-state index is 0.234. The monoisotopic (exact) mass is 291 g/mol. The zero-order chi connectivity index (χ0) is 15.7. The van der Waals surface area contributed by atoms with Crippen molar-refractivity contribution in [2.24, 2.45) is 0 Å². The third-order valence-corrected chi connectivity index (χ3v) is 4.15. The van der Waals surface area contributed by atoms with Crippen LogP contribution in [-0.2, 0) is 11.2 Å². The highest BCUT2D eigenvalue weighted by atomic mass is 16.1. The lowest BCUT2D eigenvalue weighted by Gasteiger charge is -2.05. The molecule has 3 aromatic rings. The number of carbonyl (C=O) groups is 1. The van der Waals surface area contributed by atoms with Gasteiger partial charge < -0.3 is 9.78 Å². The van der Waals surface area contributed by atoms with Gasteiger partial charge in [-0.25, -0.2) is 0 Å². The van der Waals surface area contributed by atoms with Gasteiger partial charge in [-0.15, -0.1) is 0 Å². The Morgan fingerprint density at radius 2 is 1.82 bits per heavy atom. The molecule has 3 rings (SSSR count). The summed E-state index contributed by atoms with van der Waals surface area (Å²) >= 11 is 0. The van der Waals surface area contributed by atoms with Gasteiger partial charge >= 0.3 is 0 Å². The Bertz CT molecular complexity index is 828. The maximum absolute atomic E-state index is 11.4. The van der Waals surface area contributed by atoms with Gasteiger partial charge in [-0.05, 0) is 49.9 Å². The zero-order valence-corrected chi connectivity index (χ0v) is 13.4. The second-order valence-electron chi connectivity index (χ2n) is 6.05. The molecule has 0 amide bonds. The van der Waals surface area contributed by atoms with Crippen LogP contribution < -0.4 is 0 Å². The number of H-pyrrole nitrogens is 1. The number of benzene rings is 2. The van der Waals surface area contributed by atoms with Crippen molar-refractivity contribution in [2.45, 2.75) is 33.6 Å². The Balaban J connectivity index is 2.23. The molecule has 0 aliphatic rings. The molecule has 0 saturated heterocycles. The van der Waals surface area contributed by atoms with Gasteiger partial charge in [0.05, 0.1) is 0 Å². The second-order valence-corrected chi connectivity index (χ2v) is 6.05. The number of rotatable bonds is 4. The van der Waals surface area contributed by atoms with Crippen LogP contribution in [0.15, 0.2) is 42.5 Å². The van der Waals surface area contributed by atoms with E-state index in [1.165, 1.54) is 33.2 Å². The van der Waals surface area contributed by atoms with Crippen LogP contribution in [0.2, 0.25) is 0 Å². The molecule has 2 heteroatoms. The number of ketones is 1.